The Kier molecular flexibility index (Phi) is 2.51. The van der Waals surface area contributed by atoms with Crippen molar-refractivity contribution >= 4 is 0 Å². The van der Waals surface area contributed by atoms with E-state index in [1.54, 1.807) is 0 Å². The van der Waals surface area contributed by atoms with Gasteiger partial charge in [0.2, 0.25) is 0 Å². The molecule has 1 fully saturated rings. The first kappa shape index (κ1) is 7.35. The summed E-state index contributed by atoms with van der Waals surface area (Å²) in [4.78, 5) is 2.14. The molecular formula is C8H13NO. The third kappa shape index (κ3) is 1.39. The molecule has 1 aliphatic heterocycles. The highest BCUT2D eigenvalue weighted by molar-refractivity contribution is 4.93. The van der Waals surface area contributed by atoms with E-state index in [1.807, 2.05) is 12.3 Å². The summed E-state index contributed by atoms with van der Waals surface area (Å²) in [6.07, 6.45) is 3.73. The molecule has 0 aliphatic carbocycles. The molecule has 1 unspecified atom stereocenters. The fourth-order valence-electron chi connectivity index (χ4n) is 1.07. The van der Waals surface area contributed by atoms with E-state index in [0.29, 0.717) is 6.04 Å². The largest absolute Gasteiger partial charge is 0.377 e. The van der Waals surface area contributed by atoms with E-state index in [1.165, 1.54) is 0 Å². The first-order valence-electron chi connectivity index (χ1n) is 3.47. The van der Waals surface area contributed by atoms with Gasteiger partial charge in [0.1, 0.15) is 0 Å². The molecule has 1 aliphatic rings. The van der Waals surface area contributed by atoms with Crippen LogP contribution < -0.4 is 0 Å². The van der Waals surface area contributed by atoms with E-state index in [2.05, 4.69) is 18.1 Å². The average Bonchev–Trinajstić information content (AvgIpc) is 2.04. The van der Waals surface area contributed by atoms with Crippen LogP contribution in [-0.4, -0.2) is 30.7 Å². The lowest BCUT2D eigenvalue weighted by Gasteiger charge is -2.32. The molecule has 0 saturated carbocycles. The van der Waals surface area contributed by atoms with Gasteiger partial charge < -0.3 is 9.64 Å². The number of nitrogens with zero attached hydrogens (tertiary/aromatic N) is 1. The summed E-state index contributed by atoms with van der Waals surface area (Å²) in [6, 6.07) is 0.325. The molecule has 1 saturated heterocycles. The topological polar surface area (TPSA) is 12.5 Å². The molecule has 10 heavy (non-hydrogen) atoms. The Hall–Kier alpha value is -0.760. The maximum absolute atomic E-state index is 5.24. The summed E-state index contributed by atoms with van der Waals surface area (Å²) in [5.41, 5.74) is 0. The van der Waals surface area contributed by atoms with Gasteiger partial charge in [-0.1, -0.05) is 12.7 Å². The van der Waals surface area contributed by atoms with Gasteiger partial charge in [-0.05, 0) is 6.20 Å². The second-order valence-electron chi connectivity index (χ2n) is 2.30. The molecule has 0 aromatic heterocycles. The van der Waals surface area contributed by atoms with Gasteiger partial charge in [-0.2, -0.15) is 0 Å². The Bertz CT molecular complexity index is 117. The lowest BCUT2D eigenvalue weighted by atomic mass is 10.2. The second-order valence-corrected chi connectivity index (χ2v) is 2.30. The molecule has 1 atom stereocenters. The van der Waals surface area contributed by atoms with E-state index in [4.69, 9.17) is 4.74 Å². The van der Waals surface area contributed by atoms with Crippen molar-refractivity contribution in [2.45, 2.75) is 6.04 Å². The Morgan fingerprint density at radius 1 is 1.50 bits per heavy atom. The van der Waals surface area contributed by atoms with Crippen molar-refractivity contribution in [3.63, 3.8) is 0 Å². The number of hydrogen-bond acceptors (Lipinski definition) is 2. The molecule has 0 spiro atoms. The van der Waals surface area contributed by atoms with Gasteiger partial charge in [-0.3, -0.25) is 0 Å². The number of rotatable bonds is 2. The molecule has 0 amide bonds. The lowest BCUT2D eigenvalue weighted by molar-refractivity contribution is 0.0336. The highest BCUT2D eigenvalue weighted by Crippen LogP contribution is 2.06. The van der Waals surface area contributed by atoms with Crippen LogP contribution in [-0.2, 0) is 4.74 Å². The average molecular weight is 139 g/mol. The smallest absolute Gasteiger partial charge is 0.0706 e. The van der Waals surface area contributed by atoms with E-state index >= 15 is 0 Å². The van der Waals surface area contributed by atoms with Crippen molar-refractivity contribution in [1.29, 1.82) is 0 Å². The number of ether oxygens (including phenoxy) is 1. The minimum atomic E-state index is 0.325. The summed E-state index contributed by atoms with van der Waals surface area (Å²) < 4.78 is 5.24. The zero-order valence-electron chi connectivity index (χ0n) is 6.12. The van der Waals surface area contributed by atoms with Gasteiger partial charge in [0.15, 0.2) is 0 Å². The van der Waals surface area contributed by atoms with Crippen molar-refractivity contribution in [3.8, 4) is 0 Å². The maximum Gasteiger partial charge on any atom is 0.0706 e. The van der Waals surface area contributed by atoms with Gasteiger partial charge >= 0.3 is 0 Å². The SMILES string of the molecule is C=CC1COCCN1C=C. The normalized spacial score (nSPS) is 26.0. The highest BCUT2D eigenvalue weighted by atomic mass is 16.5. The third-order valence-corrected chi connectivity index (χ3v) is 1.72. The standard InChI is InChI=1S/C8H13NO/c1-3-8-7-10-6-5-9(8)4-2/h3-4,8H,1-2,5-7H2. The quantitative estimate of drug-likeness (QED) is 0.529. The summed E-state index contributed by atoms with van der Waals surface area (Å²) in [6.45, 7) is 9.90. The van der Waals surface area contributed by atoms with Gasteiger partial charge in [-0.25, -0.2) is 0 Å². The molecule has 0 N–H and O–H groups in total. The van der Waals surface area contributed by atoms with Crippen LogP contribution in [0.15, 0.2) is 25.4 Å². The Morgan fingerprint density at radius 3 is 2.80 bits per heavy atom. The van der Waals surface area contributed by atoms with Crippen molar-refractivity contribution in [3.05, 3.63) is 25.4 Å². The van der Waals surface area contributed by atoms with Crippen LogP contribution in [0, 0.1) is 0 Å². The fourth-order valence-corrected chi connectivity index (χ4v) is 1.07. The highest BCUT2D eigenvalue weighted by Gasteiger charge is 2.15. The van der Waals surface area contributed by atoms with E-state index < -0.39 is 0 Å². The summed E-state index contributed by atoms with van der Waals surface area (Å²) in [5.74, 6) is 0. The van der Waals surface area contributed by atoms with Crippen molar-refractivity contribution < 1.29 is 4.74 Å². The monoisotopic (exact) mass is 139 g/mol. The Morgan fingerprint density at radius 2 is 2.30 bits per heavy atom. The summed E-state index contributed by atoms with van der Waals surface area (Å²) in [5, 5.41) is 0. The molecule has 0 bridgehead atoms. The molecule has 0 radical (unpaired) electrons. The molecule has 0 aromatic rings. The molecule has 1 heterocycles. The molecule has 56 valence electrons. The van der Waals surface area contributed by atoms with Crippen molar-refractivity contribution in [1.82, 2.24) is 4.90 Å². The number of morpholine rings is 1. The van der Waals surface area contributed by atoms with Crippen molar-refractivity contribution in [2.24, 2.45) is 0 Å². The summed E-state index contributed by atoms with van der Waals surface area (Å²) in [7, 11) is 0. The van der Waals surface area contributed by atoms with Gasteiger partial charge in [0.25, 0.3) is 0 Å². The van der Waals surface area contributed by atoms with Crippen LogP contribution in [0.25, 0.3) is 0 Å². The van der Waals surface area contributed by atoms with Crippen molar-refractivity contribution in [2.75, 3.05) is 19.8 Å². The molecular weight excluding hydrogens is 126 g/mol. The number of hydrogen-bond donors (Lipinski definition) is 0. The second kappa shape index (κ2) is 3.42. The van der Waals surface area contributed by atoms with Gasteiger partial charge in [0, 0.05) is 6.54 Å². The zero-order chi connectivity index (χ0) is 7.40. The van der Waals surface area contributed by atoms with Crippen LogP contribution in [0.1, 0.15) is 0 Å². The zero-order valence-corrected chi connectivity index (χ0v) is 6.12. The van der Waals surface area contributed by atoms with E-state index in [0.717, 1.165) is 19.8 Å². The fraction of sp³-hybridized carbons (Fsp3) is 0.500. The van der Waals surface area contributed by atoms with Crippen LogP contribution in [0.4, 0.5) is 0 Å². The Balaban J connectivity index is 2.49. The molecule has 1 rings (SSSR count). The van der Waals surface area contributed by atoms with Crippen LogP contribution in [0.3, 0.4) is 0 Å². The molecule has 2 nitrogen and oxygen atoms in total. The first-order valence-corrected chi connectivity index (χ1v) is 3.47. The van der Waals surface area contributed by atoms with Crippen LogP contribution >= 0.6 is 0 Å². The Labute approximate surface area is 61.8 Å². The molecule has 2 heteroatoms. The minimum absolute atomic E-state index is 0.325. The van der Waals surface area contributed by atoms with E-state index in [9.17, 15) is 0 Å². The predicted molar refractivity (Wildman–Crippen MR) is 41.7 cm³/mol. The first-order chi connectivity index (χ1) is 4.88. The molecule has 0 aromatic carbocycles. The van der Waals surface area contributed by atoms with Crippen LogP contribution in [0.2, 0.25) is 0 Å². The lowest BCUT2D eigenvalue weighted by Crippen LogP contribution is -2.40. The van der Waals surface area contributed by atoms with E-state index in [-0.39, 0.29) is 0 Å². The minimum Gasteiger partial charge on any atom is -0.377 e. The third-order valence-electron chi connectivity index (χ3n) is 1.72. The van der Waals surface area contributed by atoms with Gasteiger partial charge in [0.05, 0.1) is 19.3 Å². The maximum atomic E-state index is 5.24. The summed E-state index contributed by atoms with van der Waals surface area (Å²) >= 11 is 0. The van der Waals surface area contributed by atoms with Crippen LogP contribution in [0.5, 0.6) is 0 Å². The van der Waals surface area contributed by atoms with Gasteiger partial charge in [-0.15, -0.1) is 6.58 Å². The predicted octanol–water partition coefficient (Wildman–Crippen LogP) is 1.02.